The number of carbonyl (C=O) groups excluding carboxylic acids is 4. The molecule has 1 aromatic rings. The Morgan fingerprint density at radius 3 is 2.30 bits per heavy atom. The molecule has 4 amide bonds. The van der Waals surface area contributed by atoms with E-state index in [9.17, 15) is 32.3 Å². The zero-order valence-electron chi connectivity index (χ0n) is 26.0. The van der Waals surface area contributed by atoms with Crippen LogP contribution in [0.1, 0.15) is 46.5 Å². The number of halogens is 3. The second kappa shape index (κ2) is 17.0. The van der Waals surface area contributed by atoms with E-state index in [-0.39, 0.29) is 54.4 Å². The molecule has 6 atom stereocenters. The molecule has 6 unspecified atom stereocenters. The third kappa shape index (κ3) is 9.81. The van der Waals surface area contributed by atoms with Gasteiger partial charge >= 0.3 is 12.1 Å². The zero-order valence-corrected chi connectivity index (χ0v) is 26.8. The van der Waals surface area contributed by atoms with E-state index in [1.807, 2.05) is 13.8 Å². The molecule has 0 saturated carbocycles. The largest absolute Gasteiger partial charge is 0.471 e. The van der Waals surface area contributed by atoms with Gasteiger partial charge in [-0.25, -0.2) is 0 Å². The minimum atomic E-state index is -5.00. The summed E-state index contributed by atoms with van der Waals surface area (Å²) < 4.78 is 51.6. The fourth-order valence-electron chi connectivity index (χ4n) is 5.48. The third-order valence-corrected chi connectivity index (χ3v) is 8.93. The second-order valence-electron chi connectivity index (χ2n) is 10.9. The monoisotopic (exact) mass is 647 g/mol. The summed E-state index contributed by atoms with van der Waals surface area (Å²) in [5.41, 5.74) is 5.56. The molecule has 15 heteroatoms. The Morgan fingerprint density at radius 2 is 1.77 bits per heavy atom. The quantitative estimate of drug-likeness (QED) is 0.247. The lowest BCUT2D eigenvalue weighted by molar-refractivity contribution is -0.167. The van der Waals surface area contributed by atoms with Crippen LogP contribution in [0, 0.1) is 11.8 Å². The first-order valence-electron chi connectivity index (χ1n) is 14.5. The number of ether oxygens (including phenoxy) is 2. The number of hydrogen-bond acceptors (Lipinski definition) is 8. The summed E-state index contributed by atoms with van der Waals surface area (Å²) >= 11 is 0.965. The molecule has 0 bridgehead atoms. The van der Waals surface area contributed by atoms with Crippen molar-refractivity contribution in [3.8, 4) is 0 Å². The summed E-state index contributed by atoms with van der Waals surface area (Å²) in [6, 6.07) is 4.79. The Labute approximate surface area is 260 Å². The molecule has 1 saturated heterocycles. The molecule has 0 spiro atoms. The van der Waals surface area contributed by atoms with E-state index in [2.05, 4.69) is 4.72 Å². The highest BCUT2D eigenvalue weighted by atomic mass is 32.2. The van der Waals surface area contributed by atoms with Gasteiger partial charge in [-0.05, 0) is 55.0 Å². The average Bonchev–Trinajstić information content (AvgIpc) is 3.48. The Morgan fingerprint density at radius 1 is 1.14 bits per heavy atom. The van der Waals surface area contributed by atoms with Crippen molar-refractivity contribution in [2.24, 2.45) is 17.6 Å². The van der Waals surface area contributed by atoms with Crippen molar-refractivity contribution in [1.29, 1.82) is 0 Å². The maximum absolute atomic E-state index is 13.6. The van der Waals surface area contributed by atoms with Gasteiger partial charge in [0, 0.05) is 38.4 Å². The summed E-state index contributed by atoms with van der Waals surface area (Å²) in [4.78, 5) is 54.1. The number of amides is 4. The number of benzene rings is 1. The van der Waals surface area contributed by atoms with Crippen LogP contribution in [-0.2, 0) is 28.7 Å². The summed E-state index contributed by atoms with van der Waals surface area (Å²) in [6.45, 7) is 6.04. The molecular formula is C29H44F3N5O6S. The number of nitrogens with two attached hydrogens (primary N) is 1. The summed E-state index contributed by atoms with van der Waals surface area (Å²) in [7, 11) is 4.67. The van der Waals surface area contributed by atoms with Crippen molar-refractivity contribution < 1.29 is 41.8 Å². The van der Waals surface area contributed by atoms with E-state index in [1.54, 1.807) is 29.1 Å². The van der Waals surface area contributed by atoms with Gasteiger partial charge in [0.05, 0.1) is 43.2 Å². The number of anilines is 1. The number of methoxy groups -OCH3 is 2. The number of carbonyl (C=O) groups is 4. The van der Waals surface area contributed by atoms with Gasteiger partial charge in [0.25, 0.3) is 0 Å². The fourth-order valence-corrected chi connectivity index (χ4v) is 6.16. The lowest BCUT2D eigenvalue weighted by Gasteiger charge is -2.39. The normalized spacial score (nSPS) is 18.6. The minimum absolute atomic E-state index is 0.0365. The molecule has 0 aliphatic carbocycles. The van der Waals surface area contributed by atoms with Crippen LogP contribution in [0.15, 0.2) is 29.2 Å². The maximum atomic E-state index is 13.6. The van der Waals surface area contributed by atoms with Gasteiger partial charge in [0.1, 0.15) is 0 Å². The van der Waals surface area contributed by atoms with Crippen LogP contribution in [0.25, 0.3) is 0 Å². The Hall–Kier alpha value is -2.88. The van der Waals surface area contributed by atoms with E-state index >= 15 is 0 Å². The predicted molar refractivity (Wildman–Crippen MR) is 160 cm³/mol. The minimum Gasteiger partial charge on any atom is -0.379 e. The van der Waals surface area contributed by atoms with Crippen molar-refractivity contribution >= 4 is 41.3 Å². The Bertz CT molecular complexity index is 1130. The molecule has 0 aromatic heterocycles. The highest BCUT2D eigenvalue weighted by Crippen LogP contribution is 2.30. The number of nitrogens with zero attached hydrogens (tertiary/aromatic N) is 2. The smallest absolute Gasteiger partial charge is 0.379 e. The highest BCUT2D eigenvalue weighted by Gasteiger charge is 2.42. The van der Waals surface area contributed by atoms with Crippen molar-refractivity contribution in [2.45, 2.75) is 81.8 Å². The molecule has 44 heavy (non-hydrogen) atoms. The number of hydrogen-bond donors (Lipinski definition) is 3. The van der Waals surface area contributed by atoms with Gasteiger partial charge < -0.3 is 30.3 Å². The maximum Gasteiger partial charge on any atom is 0.471 e. The Balaban J connectivity index is 2.07. The van der Waals surface area contributed by atoms with Crippen LogP contribution >= 0.6 is 11.9 Å². The first-order valence-corrected chi connectivity index (χ1v) is 15.3. The molecule has 1 aliphatic rings. The van der Waals surface area contributed by atoms with Crippen LogP contribution < -0.4 is 15.8 Å². The van der Waals surface area contributed by atoms with Gasteiger partial charge in [-0.3, -0.25) is 23.9 Å². The van der Waals surface area contributed by atoms with Crippen LogP contribution in [0.4, 0.5) is 18.9 Å². The first-order chi connectivity index (χ1) is 20.7. The molecule has 1 aromatic carbocycles. The second-order valence-corrected chi connectivity index (χ2v) is 11.8. The van der Waals surface area contributed by atoms with E-state index < -0.39 is 30.2 Å². The van der Waals surface area contributed by atoms with Crippen LogP contribution in [0.2, 0.25) is 0 Å². The van der Waals surface area contributed by atoms with E-state index in [4.69, 9.17) is 15.2 Å². The lowest BCUT2D eigenvalue weighted by Crippen LogP contribution is -2.53. The number of nitrogens with one attached hydrogen (secondary N) is 2. The lowest BCUT2D eigenvalue weighted by atomic mass is 9.90. The molecule has 1 aliphatic heterocycles. The number of likely N-dealkylation sites (N-methyl/N-ethyl adjacent to an activating group) is 1. The SMILES string of the molecule is CCC(C)C(C(CC(=O)N1CCCC1C(OC)C(C)C(=O)NSc1ccc(NC(=O)C(F)(F)F)cc1)OC)N(C)C(=O)CN. The summed E-state index contributed by atoms with van der Waals surface area (Å²) in [6.07, 6.45) is -4.01. The number of rotatable bonds is 15. The highest BCUT2D eigenvalue weighted by molar-refractivity contribution is 7.98. The van der Waals surface area contributed by atoms with Crippen molar-refractivity contribution in [3.63, 3.8) is 0 Å². The third-order valence-electron chi connectivity index (χ3n) is 8.12. The van der Waals surface area contributed by atoms with Crippen molar-refractivity contribution in [3.05, 3.63) is 24.3 Å². The van der Waals surface area contributed by atoms with E-state index in [1.165, 1.54) is 38.5 Å². The van der Waals surface area contributed by atoms with Gasteiger partial charge in [-0.2, -0.15) is 13.2 Å². The molecule has 2 rings (SSSR count). The van der Waals surface area contributed by atoms with Gasteiger partial charge in [-0.1, -0.05) is 27.2 Å². The topological polar surface area (TPSA) is 143 Å². The fraction of sp³-hybridized carbons (Fsp3) is 0.655. The molecule has 11 nitrogen and oxygen atoms in total. The predicted octanol–water partition coefficient (Wildman–Crippen LogP) is 3.19. The molecule has 248 valence electrons. The molecule has 4 N–H and O–H groups in total. The van der Waals surface area contributed by atoms with Crippen LogP contribution in [0.3, 0.4) is 0 Å². The molecule has 1 heterocycles. The van der Waals surface area contributed by atoms with E-state index in [0.717, 1.165) is 24.8 Å². The molecule has 1 fully saturated rings. The van der Waals surface area contributed by atoms with Gasteiger partial charge in [-0.15, -0.1) is 0 Å². The van der Waals surface area contributed by atoms with Crippen LogP contribution in [-0.4, -0.2) is 98.3 Å². The first kappa shape index (κ1) is 37.3. The Kier molecular flexibility index (Phi) is 14.4. The number of likely N-dealkylation sites (tertiary alicyclic amines) is 1. The zero-order chi connectivity index (χ0) is 33.2. The van der Waals surface area contributed by atoms with Crippen LogP contribution in [0.5, 0.6) is 0 Å². The van der Waals surface area contributed by atoms with E-state index in [0.29, 0.717) is 17.9 Å². The van der Waals surface area contributed by atoms with Gasteiger partial charge in [0.2, 0.25) is 17.7 Å². The average molecular weight is 648 g/mol. The summed E-state index contributed by atoms with van der Waals surface area (Å²) in [5, 5.41) is 1.76. The summed E-state index contributed by atoms with van der Waals surface area (Å²) in [5.74, 6) is -3.45. The number of alkyl halides is 3. The van der Waals surface area contributed by atoms with Crippen molar-refractivity contribution in [1.82, 2.24) is 14.5 Å². The molecule has 0 radical (unpaired) electrons. The van der Waals surface area contributed by atoms with Crippen molar-refractivity contribution in [2.75, 3.05) is 39.7 Å². The van der Waals surface area contributed by atoms with Gasteiger partial charge in [0.15, 0.2) is 0 Å². The molecular weight excluding hydrogens is 603 g/mol. The standard InChI is InChI=1S/C29H44F3N5O6S/c1-7-17(2)25(36(4)24(39)16-33)22(42-5)15-23(38)37-14-8-9-21(37)26(43-6)18(3)27(40)35-44-20-12-10-19(11-13-20)34-28(41)29(30,31)32/h10-13,17-18,21-22,25-26H,7-9,14-16,33H2,1-6H3,(H,34,41)(H,35,40).